The zero-order valence-electron chi connectivity index (χ0n) is 21.7. The van der Waals surface area contributed by atoms with E-state index in [2.05, 4.69) is 36.4 Å². The molecule has 192 valence electrons. The number of hydrogen-bond acceptors (Lipinski definition) is 5. The third kappa shape index (κ3) is 5.04. The van der Waals surface area contributed by atoms with Gasteiger partial charge in [-0.3, -0.25) is 4.99 Å². The number of nitrogens with zero attached hydrogens (tertiary/aromatic N) is 1. The molecule has 0 bridgehead atoms. The maximum Gasteiger partial charge on any atom is 0.161 e. The van der Waals surface area contributed by atoms with E-state index in [1.807, 2.05) is 24.3 Å². The van der Waals surface area contributed by atoms with Crippen molar-refractivity contribution in [1.82, 2.24) is 0 Å². The second-order valence-electron chi connectivity index (χ2n) is 10.4. The number of fused-ring (bicyclic) bond motifs is 3. The quantitative estimate of drug-likeness (QED) is 0.321. The maximum atomic E-state index is 6.33. The van der Waals surface area contributed by atoms with E-state index in [0.717, 1.165) is 64.8 Å². The van der Waals surface area contributed by atoms with Crippen LogP contribution in [0.15, 0.2) is 65.7 Å². The van der Waals surface area contributed by atoms with Gasteiger partial charge in [-0.15, -0.1) is 0 Å². The van der Waals surface area contributed by atoms with Gasteiger partial charge < -0.3 is 18.9 Å². The smallest absolute Gasteiger partial charge is 0.161 e. The molecule has 0 saturated heterocycles. The van der Waals surface area contributed by atoms with Gasteiger partial charge in [0.25, 0.3) is 0 Å². The predicted molar refractivity (Wildman–Crippen MR) is 146 cm³/mol. The number of rotatable bonds is 9. The van der Waals surface area contributed by atoms with Crippen molar-refractivity contribution >= 4 is 5.71 Å². The lowest BCUT2D eigenvalue weighted by Gasteiger charge is -2.36. The van der Waals surface area contributed by atoms with Gasteiger partial charge in [0.05, 0.1) is 32.6 Å². The number of aliphatic imine (C=N–C) groups is 1. The summed E-state index contributed by atoms with van der Waals surface area (Å²) in [5.74, 6) is 4.15. The normalized spacial score (nSPS) is 20.3. The van der Waals surface area contributed by atoms with Crippen LogP contribution >= 0.6 is 0 Å². The molecule has 3 aromatic rings. The predicted octanol–water partition coefficient (Wildman–Crippen LogP) is 6.95. The summed E-state index contributed by atoms with van der Waals surface area (Å²) in [5, 5.41) is 0. The van der Waals surface area contributed by atoms with Crippen molar-refractivity contribution in [3.05, 3.63) is 82.9 Å². The fourth-order valence-corrected chi connectivity index (χ4v) is 5.62. The van der Waals surface area contributed by atoms with E-state index in [1.165, 1.54) is 31.2 Å². The van der Waals surface area contributed by atoms with Crippen LogP contribution in [0.2, 0.25) is 0 Å². The summed E-state index contributed by atoms with van der Waals surface area (Å²) < 4.78 is 23.9. The first-order chi connectivity index (χ1) is 18.2. The summed E-state index contributed by atoms with van der Waals surface area (Å²) in [6.07, 6.45) is 7.22. The van der Waals surface area contributed by atoms with Gasteiger partial charge in [0.1, 0.15) is 6.61 Å². The van der Waals surface area contributed by atoms with E-state index >= 15 is 0 Å². The van der Waals surface area contributed by atoms with Crippen molar-refractivity contribution in [1.29, 1.82) is 0 Å². The fraction of sp³-hybridized carbons (Fsp3) is 0.406. The van der Waals surface area contributed by atoms with Gasteiger partial charge in [-0.1, -0.05) is 43.2 Å². The minimum Gasteiger partial charge on any atom is -0.493 e. The molecule has 5 heteroatoms. The average molecular weight is 498 g/mol. The molecule has 3 aromatic carbocycles. The Bertz CT molecular complexity index is 1280. The summed E-state index contributed by atoms with van der Waals surface area (Å²) in [6, 6.07) is 21.1. The van der Waals surface area contributed by atoms with Crippen molar-refractivity contribution in [3.8, 4) is 23.0 Å². The van der Waals surface area contributed by atoms with E-state index in [9.17, 15) is 0 Å². The molecule has 2 aliphatic carbocycles. The Balaban J connectivity index is 1.38. The molecule has 37 heavy (non-hydrogen) atoms. The van der Waals surface area contributed by atoms with Crippen molar-refractivity contribution in [3.63, 3.8) is 0 Å². The summed E-state index contributed by atoms with van der Waals surface area (Å²) >= 11 is 0. The van der Waals surface area contributed by atoms with Crippen LogP contribution in [0.4, 0.5) is 0 Å². The largest absolute Gasteiger partial charge is 0.493 e. The van der Waals surface area contributed by atoms with Gasteiger partial charge in [0.15, 0.2) is 23.0 Å². The Hall–Kier alpha value is -3.47. The molecular weight excluding hydrogens is 462 g/mol. The SMILES string of the molecule is COc1cc2c(cc1OC)C1CCCCC1N=C2c1ccc(OCc2ccccc2)c(OCC2CC2)c1. The molecule has 0 amide bonds. The average Bonchev–Trinajstić information content (AvgIpc) is 3.79. The summed E-state index contributed by atoms with van der Waals surface area (Å²) in [7, 11) is 3.40. The van der Waals surface area contributed by atoms with Gasteiger partial charge in [0.2, 0.25) is 0 Å². The van der Waals surface area contributed by atoms with Crippen LogP contribution in [0, 0.1) is 5.92 Å². The Kier molecular flexibility index (Phi) is 6.77. The topological polar surface area (TPSA) is 49.3 Å². The molecule has 5 nitrogen and oxygen atoms in total. The van der Waals surface area contributed by atoms with Crippen molar-refractivity contribution in [2.45, 2.75) is 57.1 Å². The molecule has 2 atom stereocenters. The zero-order valence-corrected chi connectivity index (χ0v) is 21.7. The van der Waals surface area contributed by atoms with Gasteiger partial charge in [-0.2, -0.15) is 0 Å². The van der Waals surface area contributed by atoms with Crippen molar-refractivity contribution < 1.29 is 18.9 Å². The van der Waals surface area contributed by atoms with E-state index in [0.29, 0.717) is 24.5 Å². The van der Waals surface area contributed by atoms with Crippen LogP contribution in [-0.2, 0) is 6.61 Å². The highest BCUT2D eigenvalue weighted by Crippen LogP contribution is 2.45. The van der Waals surface area contributed by atoms with E-state index < -0.39 is 0 Å². The third-order valence-electron chi connectivity index (χ3n) is 7.86. The molecule has 0 spiro atoms. The highest BCUT2D eigenvalue weighted by atomic mass is 16.5. The molecule has 2 fully saturated rings. The second-order valence-corrected chi connectivity index (χ2v) is 10.4. The van der Waals surface area contributed by atoms with Crippen LogP contribution in [0.3, 0.4) is 0 Å². The minimum absolute atomic E-state index is 0.291. The molecule has 3 aliphatic rings. The molecule has 2 saturated carbocycles. The van der Waals surface area contributed by atoms with E-state index in [4.69, 9.17) is 23.9 Å². The van der Waals surface area contributed by atoms with E-state index in [-0.39, 0.29) is 0 Å². The Morgan fingerprint density at radius 1 is 0.757 bits per heavy atom. The molecule has 1 aliphatic heterocycles. The van der Waals surface area contributed by atoms with Crippen LogP contribution in [0.5, 0.6) is 23.0 Å². The van der Waals surface area contributed by atoms with Crippen LogP contribution in [-0.4, -0.2) is 32.6 Å². The van der Waals surface area contributed by atoms with Gasteiger partial charge >= 0.3 is 0 Å². The number of methoxy groups -OCH3 is 2. The first-order valence-corrected chi connectivity index (χ1v) is 13.5. The summed E-state index contributed by atoms with van der Waals surface area (Å²) in [4.78, 5) is 5.34. The lowest BCUT2D eigenvalue weighted by Crippen LogP contribution is -2.29. The van der Waals surface area contributed by atoms with Gasteiger partial charge in [-0.05, 0) is 73.1 Å². The molecule has 2 unspecified atom stereocenters. The molecule has 0 N–H and O–H groups in total. The highest BCUT2D eigenvalue weighted by molar-refractivity contribution is 6.15. The van der Waals surface area contributed by atoms with Crippen LogP contribution in [0.25, 0.3) is 0 Å². The van der Waals surface area contributed by atoms with Gasteiger partial charge in [0, 0.05) is 17.0 Å². The second kappa shape index (κ2) is 10.5. The first-order valence-electron chi connectivity index (χ1n) is 13.5. The maximum absolute atomic E-state index is 6.33. The molecular formula is C32H35NO4. The summed E-state index contributed by atoms with van der Waals surface area (Å²) in [5.41, 5.74) is 5.64. The molecule has 6 rings (SSSR count). The van der Waals surface area contributed by atoms with E-state index in [1.54, 1.807) is 14.2 Å². The third-order valence-corrected chi connectivity index (χ3v) is 7.86. The highest BCUT2D eigenvalue weighted by Gasteiger charge is 2.35. The number of ether oxygens (including phenoxy) is 4. The minimum atomic E-state index is 0.291. The Labute approximate surface area is 219 Å². The first kappa shape index (κ1) is 23.9. The van der Waals surface area contributed by atoms with Gasteiger partial charge in [-0.25, -0.2) is 0 Å². The molecule has 0 aromatic heterocycles. The fourth-order valence-electron chi connectivity index (χ4n) is 5.62. The number of hydrogen-bond donors (Lipinski definition) is 0. The van der Waals surface area contributed by atoms with Crippen molar-refractivity contribution in [2.75, 3.05) is 20.8 Å². The lowest BCUT2D eigenvalue weighted by molar-refractivity contribution is 0.254. The monoisotopic (exact) mass is 497 g/mol. The Morgan fingerprint density at radius 3 is 2.32 bits per heavy atom. The van der Waals surface area contributed by atoms with Crippen molar-refractivity contribution in [2.24, 2.45) is 10.9 Å². The standard InChI is InChI=1S/C32H35NO4/c1-34-29-17-25-24-10-6-7-11-27(24)33-32(26(25)18-30(29)35-2)23-14-15-28(31(16-23)37-20-22-12-13-22)36-19-21-8-4-3-5-9-21/h3-5,8-9,14-18,22,24,27H,6-7,10-13,19-20H2,1-2H3. The zero-order chi connectivity index (χ0) is 25.2. The molecule has 1 heterocycles. The molecule has 0 radical (unpaired) electrons. The number of benzene rings is 3. The lowest BCUT2D eigenvalue weighted by atomic mass is 9.75. The van der Waals surface area contributed by atoms with Crippen LogP contribution in [0.1, 0.15) is 66.7 Å². The Morgan fingerprint density at radius 2 is 1.54 bits per heavy atom. The van der Waals surface area contributed by atoms with Crippen LogP contribution < -0.4 is 18.9 Å². The summed E-state index contributed by atoms with van der Waals surface area (Å²) in [6.45, 7) is 1.23.